The number of carbonyl (C=O) groups excluding carboxylic acids is 5. The predicted octanol–water partition coefficient (Wildman–Crippen LogP) is 18.4. The Bertz CT molecular complexity index is 5270. The third-order valence-electron chi connectivity index (χ3n) is 18.8. The fourth-order valence-electron chi connectivity index (χ4n) is 11.2. The van der Waals surface area contributed by atoms with Crippen molar-refractivity contribution in [3.63, 3.8) is 0 Å². The third-order valence-corrected chi connectivity index (χ3v) is 19.4. The zero-order valence-corrected chi connectivity index (χ0v) is 88.4. The Hall–Kier alpha value is -12.8. The van der Waals surface area contributed by atoms with E-state index < -0.39 is 40.7 Å². The zero-order chi connectivity index (χ0) is 106. The maximum absolute atomic E-state index is 12.0. The number of hydrogen-bond donors (Lipinski definition) is 9. The number of esters is 1. The van der Waals surface area contributed by atoms with Gasteiger partial charge in [-0.1, -0.05) is 84.9 Å². The molecular weight excluding hydrogens is 1940 g/mol. The van der Waals surface area contributed by atoms with Gasteiger partial charge >= 0.3 is 23.2 Å². The van der Waals surface area contributed by atoms with E-state index in [1.54, 1.807) is 77.9 Å². The van der Waals surface area contributed by atoms with E-state index in [2.05, 4.69) is 63.0 Å². The second kappa shape index (κ2) is 79.8. The van der Waals surface area contributed by atoms with Crippen LogP contribution in [0.1, 0.15) is 177 Å². The van der Waals surface area contributed by atoms with Crippen LogP contribution in [-0.2, 0) is 78.7 Å². The number of nitrogens with one attached hydrogen (secondary N) is 1. The van der Waals surface area contributed by atoms with Crippen LogP contribution in [0, 0.1) is 87.5 Å². The standard InChI is InChI=1S/C20H24N2O3.C9H11NO2.2C9H13NO.C9H10O3.2C8H12N2.C8H8N2.C8H8O3.C6H6BrN.C4H5ClO3.2C4H8O.CH2Cl2.B/c1-14-7-9-16(19(11-14)25-3)13-22-20(24)18(23)6-4-5-17-10-8-15(2)12-21-17;1-6-3-4-7(9(10)11)8(5-6)12-2;2*1-7-3-4-8(6-10)9(5-7)11-2;1-6-3-4-7(9(10)11)8(5-6)12-2;3*1-7-2-3-8(4-5-9)10-6-7;1-5-2-3-6(8(10)11)7(9)4-5;1-5-2-3-6(7)8-4-5;1-2-8-4(7)3(5)6;2*1-2-4-5-3-1;2-1-3;/h7-12H,4-6,13H2,1-3H3,(H,22,24);3-5H,1-2H3,(H2,10,11);2*3-5H,6,10H2,1-2H3;3-5H,1-2H3,(H,10,11);2*2-3,6H,4-5,9H2,1H3;2-3,6H,4H2,1H3;2-4,9H,1H3,(H,10,11);2-4H,1H3;2H2,1H3;2*1-4H2;1H2;. The van der Waals surface area contributed by atoms with Gasteiger partial charge in [-0.15, -0.1) is 23.2 Å². The highest BCUT2D eigenvalue weighted by atomic mass is 79.9. The first-order valence-electron chi connectivity index (χ1n) is 44.9. The smallest absolute Gasteiger partial charge is 0.391 e. The molecule has 0 saturated carbocycles. The lowest BCUT2D eigenvalue weighted by atomic mass is 10.1. The van der Waals surface area contributed by atoms with Crippen molar-refractivity contribution in [1.82, 2.24) is 30.2 Å². The Labute approximate surface area is 862 Å². The van der Waals surface area contributed by atoms with Crippen molar-refractivity contribution >= 4 is 99.9 Å². The fraction of sp³-hybridized carbons (Fsp3) is 0.355. The second-order valence-corrected chi connectivity index (χ2v) is 32.8. The quantitative estimate of drug-likeness (QED) is 0.00677. The number of nitrogens with two attached hydrogens (primary N) is 5. The van der Waals surface area contributed by atoms with Gasteiger partial charge in [-0.2, -0.15) is 5.26 Å². The van der Waals surface area contributed by atoms with Gasteiger partial charge in [0.2, 0.25) is 5.78 Å². The van der Waals surface area contributed by atoms with Gasteiger partial charge in [0.25, 0.3) is 11.8 Å². The number of alkyl halides is 2. The molecule has 0 bridgehead atoms. The number of halogens is 4. The summed E-state index contributed by atoms with van der Waals surface area (Å²) >= 11 is 17.5. The topological polar surface area (TPSA) is 484 Å². The first-order valence-corrected chi connectivity index (χ1v) is 47.2. The third kappa shape index (κ3) is 61.0. The van der Waals surface area contributed by atoms with E-state index in [4.69, 9.17) is 117 Å². The molecule has 2 saturated heterocycles. The van der Waals surface area contributed by atoms with Gasteiger partial charge < -0.3 is 87.2 Å². The van der Waals surface area contributed by atoms with Crippen molar-refractivity contribution < 1.29 is 86.8 Å². The lowest BCUT2D eigenvalue weighted by molar-refractivity contribution is -0.149. The minimum atomic E-state index is -1.11. The van der Waals surface area contributed by atoms with E-state index in [9.17, 15) is 33.6 Å². The van der Waals surface area contributed by atoms with Crippen LogP contribution in [0.5, 0.6) is 34.5 Å². The van der Waals surface area contributed by atoms with E-state index in [0.29, 0.717) is 68.3 Å². The molecule has 2 aliphatic heterocycles. The maximum Gasteiger partial charge on any atom is 0.391 e. The number of aromatic carboxylic acids is 2. The fourth-order valence-corrected chi connectivity index (χ4v) is 11.5. The van der Waals surface area contributed by atoms with Gasteiger partial charge in [0.15, 0.2) is 0 Å². The van der Waals surface area contributed by atoms with E-state index in [0.717, 1.165) is 128 Å². The Kier molecular flexibility index (Phi) is 73.8. The molecule has 7 heterocycles. The van der Waals surface area contributed by atoms with Crippen LogP contribution in [0.4, 0.5) is 0 Å². The average molecular weight is 2080 g/mol. The number of Topliss-reactive ketones (excluding diaryl/α,β-unsaturated/α-hetero) is 1. The number of amides is 2. The van der Waals surface area contributed by atoms with Gasteiger partial charge in [-0.25, -0.2) is 19.4 Å². The Balaban J connectivity index is 0. The molecule has 11 aromatic rings. The summed E-state index contributed by atoms with van der Waals surface area (Å²) in [5.41, 5.74) is 46.4. The highest BCUT2D eigenvalue weighted by Crippen LogP contribution is 2.25. The summed E-state index contributed by atoms with van der Waals surface area (Å²) in [4.78, 5) is 96.3. The number of aromatic nitrogens is 5. The van der Waals surface area contributed by atoms with Gasteiger partial charge in [0, 0.05) is 138 Å². The maximum atomic E-state index is 12.0. The number of hydrogen-bond acceptors (Lipinski definition) is 26. The molecule has 13 rings (SSSR count). The number of ketones is 1. The van der Waals surface area contributed by atoms with Crippen molar-refractivity contribution in [3.05, 3.63) is 323 Å². The molecular formula is C107H140BBrCl3N12O18. The minimum absolute atomic E-state index is 0. The van der Waals surface area contributed by atoms with Crippen LogP contribution in [0.15, 0.2) is 205 Å². The summed E-state index contributed by atoms with van der Waals surface area (Å²) in [6.45, 7) is 30.1. The number of nitrogens with zero attached hydrogens (tertiary/aromatic N) is 6. The highest BCUT2D eigenvalue weighted by Gasteiger charge is 2.16. The lowest BCUT2D eigenvalue weighted by Crippen LogP contribution is -2.30. The normalized spacial score (nSPS) is 10.5. The molecule has 2 aliphatic rings. The first kappa shape index (κ1) is 131. The monoisotopic (exact) mass is 2080 g/mol. The molecule has 0 spiro atoms. The van der Waals surface area contributed by atoms with Crippen LogP contribution >= 0.6 is 50.7 Å². The molecule has 0 atom stereocenters. The number of phenols is 1. The van der Waals surface area contributed by atoms with Crippen molar-refractivity contribution in [1.29, 1.82) is 5.26 Å². The number of carboxylic acid groups (broad SMARTS) is 2. The first-order chi connectivity index (χ1) is 67.3. The Morgan fingerprint density at radius 3 is 1.05 bits per heavy atom. The van der Waals surface area contributed by atoms with E-state index >= 15 is 0 Å². The Morgan fingerprint density at radius 2 is 0.761 bits per heavy atom. The molecule has 142 heavy (non-hydrogen) atoms. The van der Waals surface area contributed by atoms with Gasteiger partial charge in [0.05, 0.1) is 71.2 Å². The number of carbonyl (C=O) groups is 7. The summed E-state index contributed by atoms with van der Waals surface area (Å²) < 4.78 is 40.4. The number of carboxylic acids is 2. The number of nitriles is 1. The molecule has 2 amide bonds. The molecule has 3 radical (unpaired) electrons. The van der Waals surface area contributed by atoms with Crippen LogP contribution < -0.4 is 57.7 Å². The van der Waals surface area contributed by atoms with Crippen molar-refractivity contribution in [2.24, 2.45) is 28.7 Å². The summed E-state index contributed by atoms with van der Waals surface area (Å²) in [7, 11) is 7.88. The molecule has 0 unspecified atom stereocenters. The molecule has 767 valence electrons. The molecule has 30 nitrogen and oxygen atoms in total. The van der Waals surface area contributed by atoms with Gasteiger partial charge in [-0.05, 0) is 308 Å². The average Bonchev–Trinajstić information content (AvgIpc) is 0.929. The molecule has 2 fully saturated rings. The number of benzene rings is 6. The zero-order valence-electron chi connectivity index (χ0n) is 84.5. The number of pyridine rings is 5. The molecule has 5 aromatic heterocycles. The summed E-state index contributed by atoms with van der Waals surface area (Å²) in [6.07, 6.45) is 17.9. The van der Waals surface area contributed by atoms with Crippen LogP contribution in [0.2, 0.25) is 0 Å². The predicted molar refractivity (Wildman–Crippen MR) is 567 cm³/mol. The lowest BCUT2D eigenvalue weighted by Gasteiger charge is -2.10. The summed E-state index contributed by atoms with van der Waals surface area (Å²) in [5, 5.41) is 36.4. The van der Waals surface area contributed by atoms with E-state index in [1.807, 2.05) is 203 Å². The number of ether oxygens (including phenoxy) is 8. The van der Waals surface area contributed by atoms with Crippen LogP contribution in [-0.4, -0.2) is 176 Å². The molecule has 14 N–H and O–H groups in total. The van der Waals surface area contributed by atoms with Crippen molar-refractivity contribution in [2.75, 3.05) is 87.0 Å². The van der Waals surface area contributed by atoms with Gasteiger partial charge in [0.1, 0.15) is 50.2 Å². The largest absolute Gasteiger partial charge is 0.507 e. The number of aryl methyl sites for hydroxylation is 12. The molecule has 35 heteroatoms. The van der Waals surface area contributed by atoms with E-state index in [1.165, 1.54) is 85.9 Å². The number of aromatic hydroxyl groups is 1. The van der Waals surface area contributed by atoms with Crippen molar-refractivity contribution in [2.45, 2.75) is 167 Å². The summed E-state index contributed by atoms with van der Waals surface area (Å²) in [6, 6.07) is 54.3. The molecule has 0 aliphatic carbocycles. The number of methoxy groups -OCH3 is 5. The van der Waals surface area contributed by atoms with E-state index in [-0.39, 0.29) is 50.2 Å². The van der Waals surface area contributed by atoms with Crippen molar-refractivity contribution in [3.8, 4) is 40.6 Å². The highest BCUT2D eigenvalue weighted by molar-refractivity contribution is 9.10. The SMILES string of the molecule is C1CCOC1.C1CCOC1.CCOC(=O)C(=O)Cl.COc1cc(C)ccc1C(=O)O.COc1cc(C)ccc1C(N)=O.COc1cc(C)ccc1CN.COc1cc(C)ccc1CN.COc1cc(C)ccc1CNC(=O)C(=O)CCCc1ccc(C)cn1.Cc1ccc(Br)nc1.Cc1ccc(C(=O)O)c(O)c1.Cc1ccc(CC#N)nc1.Cc1ccc(CCN)nc1.Cc1ccc(CCN)nc1.ClCCl.[B]. The van der Waals surface area contributed by atoms with Crippen LogP contribution in [0.25, 0.3) is 0 Å². The molecule has 6 aromatic carbocycles. The Morgan fingerprint density at radius 1 is 0.444 bits per heavy atom. The second-order valence-electron chi connectivity index (χ2n) is 30.8. The van der Waals surface area contributed by atoms with Gasteiger partial charge in [-0.3, -0.25) is 39.1 Å². The summed E-state index contributed by atoms with van der Waals surface area (Å²) in [5.74, 6) is -1.27. The number of primary amides is 1. The minimum Gasteiger partial charge on any atom is -0.507 e. The van der Waals surface area contributed by atoms with Crippen LogP contribution in [0.3, 0.4) is 0 Å². The number of rotatable bonds is 24.